The zero-order valence-electron chi connectivity index (χ0n) is 8.59. The monoisotopic (exact) mass is 224 g/mol. The van der Waals surface area contributed by atoms with E-state index in [1.165, 1.54) is 0 Å². The Hall–Kier alpha value is -1.15. The molecule has 1 fully saturated rings. The molecule has 1 saturated carbocycles. The molecule has 0 unspecified atom stereocenters. The van der Waals surface area contributed by atoms with Gasteiger partial charge in [-0.05, 0) is 30.5 Å². The highest BCUT2D eigenvalue weighted by Gasteiger charge is 2.47. The number of hydrogen-bond donors (Lipinski definition) is 1. The van der Waals surface area contributed by atoms with Crippen molar-refractivity contribution in [3.05, 3.63) is 41.1 Å². The van der Waals surface area contributed by atoms with Gasteiger partial charge in [0.1, 0.15) is 5.75 Å². The Kier molecular flexibility index (Phi) is 2.39. The van der Waals surface area contributed by atoms with Crippen LogP contribution < -0.4 is 4.74 Å². The van der Waals surface area contributed by atoms with Crippen LogP contribution in [0.25, 0.3) is 0 Å². The first kappa shape index (κ1) is 10.4. The summed E-state index contributed by atoms with van der Waals surface area (Å²) in [4.78, 5) is 0. The highest BCUT2D eigenvalue weighted by molar-refractivity contribution is 6.32. The molecule has 1 aliphatic carbocycles. The van der Waals surface area contributed by atoms with Crippen LogP contribution in [0, 0.1) is 0 Å². The van der Waals surface area contributed by atoms with Crippen molar-refractivity contribution in [2.75, 3.05) is 7.11 Å². The molecule has 0 spiro atoms. The molecule has 1 aromatic carbocycles. The largest absolute Gasteiger partial charge is 0.512 e. The van der Waals surface area contributed by atoms with E-state index in [2.05, 4.69) is 6.58 Å². The van der Waals surface area contributed by atoms with Crippen molar-refractivity contribution >= 4 is 11.6 Å². The Balaban J connectivity index is 2.39. The fraction of sp³-hybridized carbons (Fsp3) is 0.333. The normalized spacial score (nSPS) is 17.2. The van der Waals surface area contributed by atoms with Crippen molar-refractivity contribution in [2.45, 2.75) is 18.3 Å². The molecule has 0 bridgehead atoms. The van der Waals surface area contributed by atoms with E-state index in [9.17, 15) is 5.11 Å². The first-order valence-corrected chi connectivity index (χ1v) is 5.20. The zero-order chi connectivity index (χ0) is 11.1. The van der Waals surface area contributed by atoms with Gasteiger partial charge in [-0.1, -0.05) is 24.2 Å². The maximum Gasteiger partial charge on any atom is 0.137 e. The number of rotatable bonds is 3. The standard InChI is InChI=1S/C12H13ClO2/c1-8(14)12(5-6-12)9-3-4-11(15-2)10(13)7-9/h3-4,7,14H,1,5-6H2,2H3. The van der Waals surface area contributed by atoms with Crippen LogP contribution in [0.3, 0.4) is 0 Å². The Morgan fingerprint density at radius 2 is 2.20 bits per heavy atom. The summed E-state index contributed by atoms with van der Waals surface area (Å²) in [6.07, 6.45) is 1.87. The van der Waals surface area contributed by atoms with Gasteiger partial charge in [0.15, 0.2) is 0 Å². The molecule has 1 aliphatic rings. The lowest BCUT2D eigenvalue weighted by Gasteiger charge is -2.15. The lowest BCUT2D eigenvalue weighted by Crippen LogP contribution is -2.08. The number of methoxy groups -OCH3 is 1. The van der Waals surface area contributed by atoms with Crippen LogP contribution in [0.15, 0.2) is 30.5 Å². The number of allylic oxidation sites excluding steroid dienone is 1. The van der Waals surface area contributed by atoms with Crippen LogP contribution in [0.2, 0.25) is 5.02 Å². The summed E-state index contributed by atoms with van der Waals surface area (Å²) >= 11 is 6.03. The summed E-state index contributed by atoms with van der Waals surface area (Å²) < 4.78 is 5.08. The zero-order valence-corrected chi connectivity index (χ0v) is 9.34. The topological polar surface area (TPSA) is 29.5 Å². The van der Waals surface area contributed by atoms with Gasteiger partial charge in [-0.3, -0.25) is 0 Å². The number of halogens is 1. The number of aliphatic hydroxyl groups excluding tert-OH is 1. The lowest BCUT2D eigenvalue weighted by molar-refractivity contribution is 0.361. The van der Waals surface area contributed by atoms with E-state index >= 15 is 0 Å². The maximum absolute atomic E-state index is 9.54. The van der Waals surface area contributed by atoms with Crippen LogP contribution in [0.5, 0.6) is 5.75 Å². The third-order valence-corrected chi connectivity index (χ3v) is 3.30. The summed E-state index contributed by atoms with van der Waals surface area (Å²) in [6.45, 7) is 3.62. The number of hydrogen-bond acceptors (Lipinski definition) is 2. The molecule has 0 amide bonds. The number of benzene rings is 1. The molecule has 2 rings (SSSR count). The van der Waals surface area contributed by atoms with Crippen molar-refractivity contribution in [1.29, 1.82) is 0 Å². The number of ether oxygens (including phenoxy) is 1. The second-order valence-corrected chi connectivity index (χ2v) is 4.29. The fourth-order valence-corrected chi connectivity index (χ4v) is 2.09. The molecule has 80 valence electrons. The predicted molar refractivity (Wildman–Crippen MR) is 60.7 cm³/mol. The Morgan fingerprint density at radius 3 is 2.60 bits per heavy atom. The van der Waals surface area contributed by atoms with Crippen molar-refractivity contribution in [1.82, 2.24) is 0 Å². The average molecular weight is 225 g/mol. The summed E-state index contributed by atoms with van der Waals surface area (Å²) in [7, 11) is 1.58. The quantitative estimate of drug-likeness (QED) is 0.797. The predicted octanol–water partition coefficient (Wildman–Crippen LogP) is 3.45. The maximum atomic E-state index is 9.54. The molecule has 0 saturated heterocycles. The van der Waals surface area contributed by atoms with E-state index in [1.807, 2.05) is 18.2 Å². The van der Waals surface area contributed by atoms with E-state index in [0.29, 0.717) is 10.8 Å². The minimum absolute atomic E-state index is 0.226. The van der Waals surface area contributed by atoms with Gasteiger partial charge in [0.05, 0.1) is 23.3 Å². The molecule has 0 heterocycles. The summed E-state index contributed by atoms with van der Waals surface area (Å²) in [5.74, 6) is 0.878. The Bertz CT molecular complexity index is 408. The van der Waals surface area contributed by atoms with Crippen LogP contribution in [-0.4, -0.2) is 12.2 Å². The van der Waals surface area contributed by atoms with Crippen LogP contribution in [0.1, 0.15) is 18.4 Å². The molecule has 0 radical (unpaired) electrons. The van der Waals surface area contributed by atoms with Crippen LogP contribution >= 0.6 is 11.6 Å². The van der Waals surface area contributed by atoms with E-state index in [1.54, 1.807) is 7.11 Å². The van der Waals surface area contributed by atoms with Crippen molar-refractivity contribution in [3.8, 4) is 5.75 Å². The second kappa shape index (κ2) is 3.46. The summed E-state index contributed by atoms with van der Waals surface area (Å²) in [5, 5.41) is 10.1. The molecule has 0 atom stereocenters. The molecular weight excluding hydrogens is 212 g/mol. The van der Waals surface area contributed by atoms with Gasteiger partial charge >= 0.3 is 0 Å². The average Bonchev–Trinajstić information content (AvgIpc) is 2.98. The molecule has 1 aromatic rings. The second-order valence-electron chi connectivity index (χ2n) is 3.88. The minimum atomic E-state index is -0.254. The van der Waals surface area contributed by atoms with E-state index < -0.39 is 0 Å². The van der Waals surface area contributed by atoms with Gasteiger partial charge in [-0.2, -0.15) is 0 Å². The fourth-order valence-electron chi connectivity index (χ4n) is 1.83. The first-order valence-electron chi connectivity index (χ1n) is 4.82. The third-order valence-electron chi connectivity index (χ3n) is 3.01. The SMILES string of the molecule is C=C(O)C1(c2ccc(OC)c(Cl)c2)CC1. The van der Waals surface area contributed by atoms with Gasteiger partial charge in [0.25, 0.3) is 0 Å². The van der Waals surface area contributed by atoms with Gasteiger partial charge in [-0.25, -0.2) is 0 Å². The van der Waals surface area contributed by atoms with Crippen molar-refractivity contribution in [2.24, 2.45) is 0 Å². The highest BCUT2D eigenvalue weighted by Crippen LogP contribution is 2.53. The summed E-state index contributed by atoms with van der Waals surface area (Å²) in [5.41, 5.74) is 0.761. The highest BCUT2D eigenvalue weighted by atomic mass is 35.5. The van der Waals surface area contributed by atoms with E-state index in [-0.39, 0.29) is 11.2 Å². The Labute approximate surface area is 94.1 Å². The van der Waals surface area contributed by atoms with E-state index in [0.717, 1.165) is 18.4 Å². The minimum Gasteiger partial charge on any atom is -0.512 e. The molecule has 2 nitrogen and oxygen atoms in total. The first-order chi connectivity index (χ1) is 7.10. The van der Waals surface area contributed by atoms with Gasteiger partial charge in [-0.15, -0.1) is 0 Å². The molecular formula is C12H13ClO2. The van der Waals surface area contributed by atoms with Crippen molar-refractivity contribution in [3.63, 3.8) is 0 Å². The molecule has 3 heteroatoms. The molecule has 0 aliphatic heterocycles. The summed E-state index contributed by atoms with van der Waals surface area (Å²) in [6, 6.07) is 5.59. The molecule has 1 N–H and O–H groups in total. The Morgan fingerprint density at radius 1 is 1.53 bits per heavy atom. The number of aliphatic hydroxyl groups is 1. The van der Waals surface area contributed by atoms with Crippen molar-refractivity contribution < 1.29 is 9.84 Å². The lowest BCUT2D eigenvalue weighted by atomic mass is 9.94. The molecule has 15 heavy (non-hydrogen) atoms. The van der Waals surface area contributed by atoms with Gasteiger partial charge < -0.3 is 9.84 Å². The van der Waals surface area contributed by atoms with Crippen LogP contribution in [-0.2, 0) is 5.41 Å². The smallest absolute Gasteiger partial charge is 0.137 e. The van der Waals surface area contributed by atoms with Gasteiger partial charge in [0, 0.05) is 0 Å². The van der Waals surface area contributed by atoms with Crippen LogP contribution in [0.4, 0.5) is 0 Å². The third kappa shape index (κ3) is 1.59. The molecule has 0 aromatic heterocycles. The van der Waals surface area contributed by atoms with Gasteiger partial charge in [0.2, 0.25) is 0 Å². The van der Waals surface area contributed by atoms with E-state index in [4.69, 9.17) is 16.3 Å².